The molecular formula is C23H35N3O6S. The number of benzene rings is 1. The highest BCUT2D eigenvalue weighted by Gasteiger charge is 2.38. The van der Waals surface area contributed by atoms with Gasteiger partial charge < -0.3 is 24.7 Å². The van der Waals surface area contributed by atoms with Crippen LogP contribution in [-0.2, 0) is 14.8 Å². The van der Waals surface area contributed by atoms with E-state index in [0.29, 0.717) is 5.56 Å². The molecule has 0 saturated heterocycles. The van der Waals surface area contributed by atoms with Crippen LogP contribution in [0.4, 0.5) is 0 Å². The first-order valence-electron chi connectivity index (χ1n) is 10.9. The number of aliphatic hydroxyl groups excluding tert-OH is 2. The molecule has 0 bridgehead atoms. The van der Waals surface area contributed by atoms with Crippen LogP contribution in [0.3, 0.4) is 0 Å². The predicted octanol–water partition coefficient (Wildman–Crippen LogP) is 0.208. The van der Waals surface area contributed by atoms with E-state index >= 15 is 0 Å². The number of ether oxygens (including phenoxy) is 1. The van der Waals surface area contributed by atoms with Crippen LogP contribution in [0.5, 0.6) is 5.75 Å². The molecular weight excluding hydrogens is 446 g/mol. The van der Waals surface area contributed by atoms with Crippen molar-refractivity contribution in [1.29, 1.82) is 0 Å². The van der Waals surface area contributed by atoms with E-state index in [0.717, 1.165) is 0 Å². The standard InChI is InChI=1S/C23H35N3O6S/c1-16-12-26(17(2)15-27)33(30,31)22-10-9-19(8-7-18(3)28)11-20(22)32-21(16)13-25(6)23(29)14-24(4)5/h9-11,16-18,21,27-28H,12-15H2,1-6H3/t16-,17-,18+,21-/m1/s1. The van der Waals surface area contributed by atoms with Gasteiger partial charge in [-0.1, -0.05) is 18.8 Å². The van der Waals surface area contributed by atoms with E-state index in [4.69, 9.17) is 4.74 Å². The van der Waals surface area contributed by atoms with E-state index in [1.165, 1.54) is 23.4 Å². The van der Waals surface area contributed by atoms with E-state index in [2.05, 4.69) is 11.8 Å². The summed E-state index contributed by atoms with van der Waals surface area (Å²) in [5.41, 5.74) is 0.496. The van der Waals surface area contributed by atoms with Gasteiger partial charge in [-0.2, -0.15) is 4.31 Å². The Labute approximate surface area is 197 Å². The van der Waals surface area contributed by atoms with Crippen LogP contribution in [0.15, 0.2) is 23.1 Å². The van der Waals surface area contributed by atoms with Gasteiger partial charge in [0.2, 0.25) is 15.9 Å². The Morgan fingerprint density at radius 2 is 1.97 bits per heavy atom. The molecule has 1 aromatic carbocycles. The largest absolute Gasteiger partial charge is 0.487 e. The molecule has 2 N–H and O–H groups in total. The summed E-state index contributed by atoms with van der Waals surface area (Å²) in [5, 5.41) is 19.2. The maximum Gasteiger partial charge on any atom is 0.247 e. The first-order valence-corrected chi connectivity index (χ1v) is 12.3. The van der Waals surface area contributed by atoms with Gasteiger partial charge in [-0.15, -0.1) is 0 Å². The van der Waals surface area contributed by atoms with Gasteiger partial charge in [0, 0.05) is 31.1 Å². The number of sulfonamides is 1. The number of hydrogen-bond donors (Lipinski definition) is 2. The molecule has 0 aliphatic carbocycles. The Morgan fingerprint density at radius 1 is 1.30 bits per heavy atom. The first kappa shape index (κ1) is 27.1. The Morgan fingerprint density at radius 3 is 2.55 bits per heavy atom. The van der Waals surface area contributed by atoms with Crippen molar-refractivity contribution in [3.63, 3.8) is 0 Å². The molecule has 4 atom stereocenters. The van der Waals surface area contributed by atoms with Gasteiger partial charge in [0.15, 0.2) is 0 Å². The van der Waals surface area contributed by atoms with Crippen LogP contribution >= 0.6 is 0 Å². The fourth-order valence-electron chi connectivity index (χ4n) is 3.47. The third-order valence-corrected chi connectivity index (χ3v) is 7.44. The fraction of sp³-hybridized carbons (Fsp3) is 0.609. The maximum absolute atomic E-state index is 13.4. The van der Waals surface area contributed by atoms with Crippen LogP contribution in [0.1, 0.15) is 26.3 Å². The highest BCUT2D eigenvalue weighted by atomic mass is 32.2. The summed E-state index contributed by atoms with van der Waals surface area (Å²) in [6.45, 7) is 5.36. The maximum atomic E-state index is 13.4. The van der Waals surface area contributed by atoms with Gasteiger partial charge >= 0.3 is 0 Å². The number of hydrogen-bond acceptors (Lipinski definition) is 7. The lowest BCUT2D eigenvalue weighted by Gasteiger charge is -2.37. The molecule has 1 heterocycles. The van der Waals surface area contributed by atoms with Gasteiger partial charge in [-0.05, 0) is 46.1 Å². The quantitative estimate of drug-likeness (QED) is 0.559. The van der Waals surface area contributed by atoms with Gasteiger partial charge in [0.25, 0.3) is 0 Å². The molecule has 184 valence electrons. The SMILES string of the molecule is C[C@H](O)C#Cc1ccc2c(c1)O[C@H](CN(C)C(=O)CN(C)C)[C@H](C)CN([C@H](C)CO)S2(=O)=O. The van der Waals surface area contributed by atoms with Gasteiger partial charge in [-0.25, -0.2) is 8.42 Å². The Kier molecular flexibility index (Phi) is 9.29. The lowest BCUT2D eigenvalue weighted by atomic mass is 10.0. The zero-order valence-corrected chi connectivity index (χ0v) is 21.0. The Balaban J connectivity index is 2.53. The van der Waals surface area contributed by atoms with E-state index in [1.54, 1.807) is 29.8 Å². The minimum absolute atomic E-state index is 0.0235. The molecule has 0 radical (unpaired) electrons. The van der Waals surface area contributed by atoms with Gasteiger partial charge in [0.05, 0.1) is 19.7 Å². The molecule has 1 aliphatic heterocycles. The molecule has 2 rings (SSSR count). The van der Waals surface area contributed by atoms with Gasteiger partial charge in [-0.3, -0.25) is 4.79 Å². The molecule has 1 aliphatic rings. The molecule has 0 saturated carbocycles. The zero-order chi connectivity index (χ0) is 24.9. The minimum Gasteiger partial charge on any atom is -0.487 e. The Bertz CT molecular complexity index is 999. The summed E-state index contributed by atoms with van der Waals surface area (Å²) >= 11 is 0. The molecule has 0 unspecified atom stereocenters. The van der Waals surface area contributed by atoms with Crippen molar-refractivity contribution < 1.29 is 28.2 Å². The van der Waals surface area contributed by atoms with Crippen molar-refractivity contribution in [3.05, 3.63) is 23.8 Å². The monoisotopic (exact) mass is 481 g/mol. The zero-order valence-electron chi connectivity index (χ0n) is 20.1. The van der Waals surface area contributed by atoms with Crippen molar-refractivity contribution in [2.24, 2.45) is 5.92 Å². The van der Waals surface area contributed by atoms with Crippen LogP contribution in [0.25, 0.3) is 0 Å². The molecule has 0 spiro atoms. The van der Waals surface area contributed by atoms with Crippen LogP contribution in [0, 0.1) is 17.8 Å². The van der Waals surface area contributed by atoms with Crippen LogP contribution in [0.2, 0.25) is 0 Å². The Hall–Kier alpha value is -2.16. The molecule has 1 amide bonds. The minimum atomic E-state index is -3.96. The molecule has 1 aromatic rings. The second-order valence-electron chi connectivity index (χ2n) is 8.86. The molecule has 0 aromatic heterocycles. The number of likely N-dealkylation sites (N-methyl/N-ethyl adjacent to an activating group) is 2. The molecule has 33 heavy (non-hydrogen) atoms. The second-order valence-corrected chi connectivity index (χ2v) is 10.7. The normalized spacial score (nSPS) is 22.1. The number of rotatable bonds is 6. The average Bonchev–Trinajstić information content (AvgIpc) is 2.73. The van der Waals surface area contributed by atoms with E-state index < -0.39 is 28.3 Å². The average molecular weight is 482 g/mol. The first-order chi connectivity index (χ1) is 15.4. The number of nitrogens with zero attached hydrogens (tertiary/aromatic N) is 3. The third-order valence-electron chi connectivity index (χ3n) is 5.42. The second kappa shape index (κ2) is 11.3. The molecule has 10 heteroatoms. The van der Waals surface area contributed by atoms with Crippen molar-refractivity contribution in [2.75, 3.05) is 47.4 Å². The van der Waals surface area contributed by atoms with Crippen molar-refractivity contribution in [1.82, 2.24) is 14.1 Å². The van der Waals surface area contributed by atoms with Crippen molar-refractivity contribution in [2.45, 2.75) is 43.9 Å². The van der Waals surface area contributed by atoms with Crippen LogP contribution < -0.4 is 4.74 Å². The highest BCUT2D eigenvalue weighted by Crippen LogP contribution is 2.34. The summed E-state index contributed by atoms with van der Waals surface area (Å²) < 4.78 is 34.4. The number of carbonyl (C=O) groups is 1. The van der Waals surface area contributed by atoms with Crippen molar-refractivity contribution >= 4 is 15.9 Å². The summed E-state index contributed by atoms with van der Waals surface area (Å²) in [4.78, 5) is 15.8. The lowest BCUT2D eigenvalue weighted by molar-refractivity contribution is -0.132. The predicted molar refractivity (Wildman–Crippen MR) is 125 cm³/mol. The number of amides is 1. The molecule has 9 nitrogen and oxygen atoms in total. The number of carbonyl (C=O) groups excluding carboxylic acids is 1. The number of fused-ring (bicyclic) bond motifs is 1. The van der Waals surface area contributed by atoms with E-state index in [1.807, 2.05) is 21.0 Å². The smallest absolute Gasteiger partial charge is 0.247 e. The van der Waals surface area contributed by atoms with E-state index in [9.17, 15) is 23.4 Å². The number of aliphatic hydroxyl groups is 2. The van der Waals surface area contributed by atoms with Crippen LogP contribution in [-0.4, -0.2) is 104 Å². The van der Waals surface area contributed by atoms with E-state index in [-0.39, 0.29) is 48.7 Å². The highest BCUT2D eigenvalue weighted by molar-refractivity contribution is 7.89. The summed E-state index contributed by atoms with van der Waals surface area (Å²) in [6, 6.07) is 3.90. The summed E-state index contributed by atoms with van der Waals surface area (Å²) in [5.74, 6) is 5.23. The fourth-order valence-corrected chi connectivity index (χ4v) is 5.30. The summed E-state index contributed by atoms with van der Waals surface area (Å²) in [6.07, 6.45) is -1.33. The topological polar surface area (TPSA) is 111 Å². The molecule has 0 fully saturated rings. The summed E-state index contributed by atoms with van der Waals surface area (Å²) in [7, 11) is 1.36. The third kappa shape index (κ3) is 6.91. The van der Waals surface area contributed by atoms with Gasteiger partial charge in [0.1, 0.15) is 22.9 Å². The lowest BCUT2D eigenvalue weighted by Crippen LogP contribution is -2.50. The van der Waals surface area contributed by atoms with Crippen molar-refractivity contribution in [3.8, 4) is 17.6 Å².